The second-order valence-electron chi connectivity index (χ2n) is 7.61. The molecule has 0 bridgehead atoms. The van der Waals surface area contributed by atoms with Gasteiger partial charge in [-0.15, -0.1) is 0 Å². The van der Waals surface area contributed by atoms with Crippen molar-refractivity contribution in [3.8, 4) is 0 Å². The molecule has 1 fully saturated rings. The van der Waals surface area contributed by atoms with Crippen molar-refractivity contribution in [1.29, 1.82) is 0 Å². The van der Waals surface area contributed by atoms with Crippen LogP contribution >= 0.6 is 0 Å². The number of carbonyl (C=O) groups excluding carboxylic acids is 1. The Bertz CT molecular complexity index is 761. The fraction of sp³-hybridized carbons (Fsp3) is 0.611. The number of nitrogens with zero attached hydrogens (tertiary/aromatic N) is 1. The molecule has 0 radical (unpaired) electrons. The first-order valence-electron chi connectivity index (χ1n) is 8.91. The second kappa shape index (κ2) is 8.02. The highest BCUT2D eigenvalue weighted by Gasteiger charge is 2.31. The van der Waals surface area contributed by atoms with Gasteiger partial charge >= 0.3 is 0 Å². The SMILES string of the molecule is CC(C)CC(C)(CN)NS(=O)(=O)c1ccc(C(=O)N2CCCC2)c(F)c1. The van der Waals surface area contributed by atoms with Crippen LogP contribution in [0.1, 0.15) is 50.4 Å². The molecule has 26 heavy (non-hydrogen) atoms. The number of nitrogens with two attached hydrogens (primary N) is 1. The molecule has 1 aliphatic heterocycles. The molecular weight excluding hydrogens is 357 g/mol. The maximum Gasteiger partial charge on any atom is 0.256 e. The molecule has 6 nitrogen and oxygen atoms in total. The number of carbonyl (C=O) groups is 1. The van der Waals surface area contributed by atoms with Crippen molar-refractivity contribution in [1.82, 2.24) is 9.62 Å². The summed E-state index contributed by atoms with van der Waals surface area (Å²) >= 11 is 0. The van der Waals surface area contributed by atoms with Crippen LogP contribution in [-0.2, 0) is 10.0 Å². The second-order valence-corrected chi connectivity index (χ2v) is 9.29. The lowest BCUT2D eigenvalue weighted by Crippen LogP contribution is -2.52. The third kappa shape index (κ3) is 4.81. The molecule has 1 aromatic rings. The van der Waals surface area contributed by atoms with E-state index in [4.69, 9.17) is 5.73 Å². The molecule has 2 rings (SSSR count). The van der Waals surface area contributed by atoms with E-state index in [0.29, 0.717) is 19.5 Å². The van der Waals surface area contributed by atoms with Gasteiger partial charge < -0.3 is 10.6 Å². The molecule has 1 amide bonds. The number of hydrogen-bond acceptors (Lipinski definition) is 4. The minimum absolute atomic E-state index is 0.102. The largest absolute Gasteiger partial charge is 0.339 e. The van der Waals surface area contributed by atoms with Crippen LogP contribution in [0, 0.1) is 11.7 Å². The van der Waals surface area contributed by atoms with Gasteiger partial charge in [0.1, 0.15) is 5.82 Å². The molecule has 1 saturated heterocycles. The Morgan fingerprint density at radius 3 is 2.46 bits per heavy atom. The number of nitrogens with one attached hydrogen (secondary N) is 1. The average Bonchev–Trinajstić information content (AvgIpc) is 3.07. The molecular formula is C18H28FN3O3S. The van der Waals surface area contributed by atoms with E-state index in [1.54, 1.807) is 11.8 Å². The van der Waals surface area contributed by atoms with Crippen LogP contribution in [0.2, 0.25) is 0 Å². The molecule has 1 heterocycles. The maximum absolute atomic E-state index is 14.4. The summed E-state index contributed by atoms with van der Waals surface area (Å²) in [6.07, 6.45) is 2.35. The van der Waals surface area contributed by atoms with Gasteiger partial charge in [0, 0.05) is 25.2 Å². The van der Waals surface area contributed by atoms with Gasteiger partial charge in [0.15, 0.2) is 0 Å². The van der Waals surface area contributed by atoms with Gasteiger partial charge in [-0.25, -0.2) is 17.5 Å². The molecule has 1 unspecified atom stereocenters. The summed E-state index contributed by atoms with van der Waals surface area (Å²) in [4.78, 5) is 13.7. The summed E-state index contributed by atoms with van der Waals surface area (Å²) in [5, 5.41) is 0. The van der Waals surface area contributed by atoms with E-state index >= 15 is 0 Å². The highest BCUT2D eigenvalue weighted by molar-refractivity contribution is 7.89. The number of hydrogen-bond donors (Lipinski definition) is 2. The van der Waals surface area contributed by atoms with Crippen LogP contribution in [0.4, 0.5) is 4.39 Å². The Kier molecular flexibility index (Phi) is 6.42. The quantitative estimate of drug-likeness (QED) is 0.752. The van der Waals surface area contributed by atoms with Crippen molar-refractivity contribution in [3.05, 3.63) is 29.6 Å². The molecule has 8 heteroatoms. The van der Waals surface area contributed by atoms with Crippen molar-refractivity contribution in [2.75, 3.05) is 19.6 Å². The fourth-order valence-electron chi connectivity index (χ4n) is 3.38. The summed E-state index contributed by atoms with van der Waals surface area (Å²) in [6.45, 7) is 7.00. The smallest absolute Gasteiger partial charge is 0.256 e. The van der Waals surface area contributed by atoms with Crippen LogP contribution in [0.3, 0.4) is 0 Å². The predicted octanol–water partition coefficient (Wildman–Crippen LogP) is 2.10. The normalized spacial score (nSPS) is 17.5. The summed E-state index contributed by atoms with van der Waals surface area (Å²) in [6, 6.07) is 3.41. The first-order chi connectivity index (χ1) is 12.1. The third-order valence-electron chi connectivity index (χ3n) is 4.56. The molecule has 0 aliphatic carbocycles. The summed E-state index contributed by atoms with van der Waals surface area (Å²) in [5.74, 6) is -0.991. The first kappa shape index (κ1) is 20.8. The molecule has 0 aromatic heterocycles. The van der Waals surface area contributed by atoms with Crippen LogP contribution in [0.15, 0.2) is 23.1 Å². The number of likely N-dealkylation sites (tertiary alicyclic amines) is 1. The van der Waals surface area contributed by atoms with Crippen LogP contribution in [0.25, 0.3) is 0 Å². The molecule has 1 aromatic carbocycles. The number of halogens is 1. The van der Waals surface area contributed by atoms with E-state index in [9.17, 15) is 17.6 Å². The van der Waals surface area contributed by atoms with E-state index in [2.05, 4.69) is 4.72 Å². The lowest BCUT2D eigenvalue weighted by Gasteiger charge is -2.30. The molecule has 1 aliphatic rings. The lowest BCUT2D eigenvalue weighted by molar-refractivity contribution is 0.0788. The van der Waals surface area contributed by atoms with Crippen molar-refractivity contribution in [2.45, 2.75) is 50.5 Å². The molecule has 146 valence electrons. The number of sulfonamides is 1. The van der Waals surface area contributed by atoms with E-state index in [-0.39, 0.29) is 22.9 Å². The third-order valence-corrected chi connectivity index (χ3v) is 6.20. The van der Waals surface area contributed by atoms with E-state index in [0.717, 1.165) is 18.9 Å². The van der Waals surface area contributed by atoms with Gasteiger partial charge in [0.25, 0.3) is 5.91 Å². The summed E-state index contributed by atoms with van der Waals surface area (Å²) in [7, 11) is -3.95. The number of amides is 1. The number of benzene rings is 1. The average molecular weight is 386 g/mol. The lowest BCUT2D eigenvalue weighted by atomic mass is 9.92. The van der Waals surface area contributed by atoms with Gasteiger partial charge in [-0.1, -0.05) is 13.8 Å². The minimum atomic E-state index is -3.95. The van der Waals surface area contributed by atoms with E-state index in [1.165, 1.54) is 12.1 Å². The first-order valence-corrected chi connectivity index (χ1v) is 10.4. The van der Waals surface area contributed by atoms with Gasteiger partial charge in [0.2, 0.25) is 10.0 Å². The molecule has 0 spiro atoms. The Balaban J connectivity index is 2.24. The standard InChI is InChI=1S/C18H28FN3O3S/c1-13(2)11-18(3,12-20)21-26(24,25)14-6-7-15(16(19)10-14)17(23)22-8-4-5-9-22/h6-7,10,13,21H,4-5,8-9,11-12,20H2,1-3H3. The van der Waals surface area contributed by atoms with Gasteiger partial charge in [-0.2, -0.15) is 0 Å². The predicted molar refractivity (Wildman–Crippen MR) is 98.8 cm³/mol. The Morgan fingerprint density at radius 1 is 1.35 bits per heavy atom. The van der Waals surface area contributed by atoms with Crippen LogP contribution < -0.4 is 10.5 Å². The van der Waals surface area contributed by atoms with Crippen molar-refractivity contribution < 1.29 is 17.6 Å². The monoisotopic (exact) mass is 385 g/mol. The summed E-state index contributed by atoms with van der Waals surface area (Å²) < 4.78 is 42.3. The minimum Gasteiger partial charge on any atom is -0.339 e. The Hall–Kier alpha value is -1.51. The van der Waals surface area contributed by atoms with Gasteiger partial charge in [-0.3, -0.25) is 4.79 Å². The van der Waals surface area contributed by atoms with E-state index < -0.39 is 27.3 Å². The van der Waals surface area contributed by atoms with Gasteiger partial charge in [0.05, 0.1) is 10.5 Å². The van der Waals surface area contributed by atoms with Crippen molar-refractivity contribution in [2.24, 2.45) is 11.7 Å². The fourth-order valence-corrected chi connectivity index (χ4v) is 4.82. The van der Waals surface area contributed by atoms with Gasteiger partial charge in [-0.05, 0) is 50.3 Å². The maximum atomic E-state index is 14.4. The van der Waals surface area contributed by atoms with E-state index in [1.807, 2.05) is 13.8 Å². The zero-order chi connectivity index (χ0) is 19.5. The number of rotatable bonds is 7. The topological polar surface area (TPSA) is 92.5 Å². The summed E-state index contributed by atoms with van der Waals surface area (Å²) in [5.41, 5.74) is 4.82. The highest BCUT2D eigenvalue weighted by atomic mass is 32.2. The van der Waals surface area contributed by atoms with Crippen LogP contribution in [0.5, 0.6) is 0 Å². The van der Waals surface area contributed by atoms with Crippen molar-refractivity contribution >= 4 is 15.9 Å². The Morgan fingerprint density at radius 2 is 1.96 bits per heavy atom. The molecule has 3 N–H and O–H groups in total. The van der Waals surface area contributed by atoms with Crippen LogP contribution in [-0.4, -0.2) is 44.4 Å². The zero-order valence-electron chi connectivity index (χ0n) is 15.6. The van der Waals surface area contributed by atoms with Crippen molar-refractivity contribution in [3.63, 3.8) is 0 Å². The molecule has 0 saturated carbocycles. The highest BCUT2D eigenvalue weighted by Crippen LogP contribution is 2.22. The zero-order valence-corrected chi connectivity index (χ0v) is 16.4. The Labute approximate surface area is 155 Å². The molecule has 1 atom stereocenters.